The van der Waals surface area contributed by atoms with Gasteiger partial charge in [0.05, 0.1) is 18.6 Å². The number of methoxy groups -OCH3 is 1. The molecule has 0 fully saturated rings. The molecule has 0 aromatic heterocycles. The zero-order chi connectivity index (χ0) is 13.5. The molecule has 0 saturated carbocycles. The van der Waals surface area contributed by atoms with Crippen molar-refractivity contribution >= 4 is 17.3 Å². The van der Waals surface area contributed by atoms with Crippen LogP contribution in [0.15, 0.2) is 18.2 Å². The minimum atomic E-state index is -0.551. The Morgan fingerprint density at radius 2 is 2.22 bits per heavy atom. The normalized spacial score (nSPS) is 9.67. The largest absolute Gasteiger partial charge is 0.487 e. The van der Waals surface area contributed by atoms with Crippen LogP contribution in [0.5, 0.6) is 5.75 Å². The number of benzene rings is 1. The summed E-state index contributed by atoms with van der Waals surface area (Å²) in [5.41, 5.74) is 0.0274. The Morgan fingerprint density at radius 3 is 2.78 bits per heavy atom. The third-order valence-corrected chi connectivity index (χ3v) is 2.13. The number of nitrogens with one attached hydrogen (secondary N) is 1. The van der Waals surface area contributed by atoms with Crippen molar-refractivity contribution in [2.45, 2.75) is 6.92 Å². The number of esters is 1. The minimum Gasteiger partial charge on any atom is -0.487 e. The van der Waals surface area contributed by atoms with Gasteiger partial charge in [-0.2, -0.15) is 0 Å². The van der Waals surface area contributed by atoms with Crippen molar-refractivity contribution in [3.05, 3.63) is 28.3 Å². The summed E-state index contributed by atoms with van der Waals surface area (Å²) < 4.78 is 9.62. The van der Waals surface area contributed by atoms with Gasteiger partial charge in [0.1, 0.15) is 12.2 Å². The van der Waals surface area contributed by atoms with Crippen LogP contribution < -0.4 is 10.1 Å². The Morgan fingerprint density at radius 1 is 1.50 bits per heavy atom. The number of anilines is 1. The summed E-state index contributed by atoms with van der Waals surface area (Å²) in [5.74, 6) is -0.344. The highest BCUT2D eigenvalue weighted by atomic mass is 16.6. The van der Waals surface area contributed by atoms with Crippen molar-refractivity contribution in [3.8, 4) is 5.75 Å². The Bertz CT molecular complexity index is 447. The van der Waals surface area contributed by atoms with Crippen molar-refractivity contribution in [3.63, 3.8) is 0 Å². The first-order valence-electron chi connectivity index (χ1n) is 5.31. The van der Waals surface area contributed by atoms with Gasteiger partial charge in [0, 0.05) is 0 Å². The molecule has 1 aromatic carbocycles. The van der Waals surface area contributed by atoms with Crippen LogP contribution >= 0.6 is 0 Å². The standard InChI is InChI=1S/C11H14N2O5/c1-3-18-9-6-4-5-8(11(9)13(15)16)12-7-10(14)17-2/h4-6,12H,3,7H2,1-2H3. The molecular weight excluding hydrogens is 240 g/mol. The number of carbonyl (C=O) groups is 1. The Balaban J connectivity index is 2.99. The number of ether oxygens (including phenoxy) is 2. The average molecular weight is 254 g/mol. The van der Waals surface area contributed by atoms with E-state index in [2.05, 4.69) is 10.1 Å². The molecule has 0 aliphatic heterocycles. The lowest BCUT2D eigenvalue weighted by Gasteiger charge is -2.09. The minimum absolute atomic E-state index is 0.146. The highest BCUT2D eigenvalue weighted by Gasteiger charge is 2.21. The van der Waals surface area contributed by atoms with Crippen molar-refractivity contribution in [1.29, 1.82) is 0 Å². The quantitative estimate of drug-likeness (QED) is 0.471. The summed E-state index contributed by atoms with van der Waals surface area (Å²) in [6, 6.07) is 4.62. The van der Waals surface area contributed by atoms with Gasteiger partial charge in [-0.1, -0.05) is 6.07 Å². The van der Waals surface area contributed by atoms with Crippen LogP contribution in [-0.4, -0.2) is 31.2 Å². The number of carbonyl (C=O) groups excluding carboxylic acids is 1. The third-order valence-electron chi connectivity index (χ3n) is 2.13. The first kappa shape index (κ1) is 13.8. The first-order valence-corrected chi connectivity index (χ1v) is 5.31. The molecule has 0 aliphatic rings. The summed E-state index contributed by atoms with van der Waals surface area (Å²) in [5, 5.41) is 13.6. The Hall–Kier alpha value is -2.31. The van der Waals surface area contributed by atoms with Gasteiger partial charge in [-0.15, -0.1) is 0 Å². The summed E-state index contributed by atoms with van der Waals surface area (Å²) in [4.78, 5) is 21.4. The summed E-state index contributed by atoms with van der Waals surface area (Å²) in [6.07, 6.45) is 0. The molecule has 1 N–H and O–H groups in total. The van der Waals surface area contributed by atoms with E-state index in [1.54, 1.807) is 13.0 Å². The van der Waals surface area contributed by atoms with E-state index in [1.165, 1.54) is 19.2 Å². The van der Waals surface area contributed by atoms with Crippen LogP contribution in [0, 0.1) is 10.1 Å². The second-order valence-corrected chi connectivity index (χ2v) is 3.27. The fraction of sp³-hybridized carbons (Fsp3) is 0.364. The lowest BCUT2D eigenvalue weighted by atomic mass is 10.2. The number of hydrogen-bond donors (Lipinski definition) is 1. The molecule has 0 radical (unpaired) electrons. The van der Waals surface area contributed by atoms with E-state index in [0.29, 0.717) is 6.61 Å². The Kier molecular flexibility index (Phi) is 4.91. The van der Waals surface area contributed by atoms with E-state index in [1.807, 2.05) is 0 Å². The van der Waals surface area contributed by atoms with E-state index in [-0.39, 0.29) is 23.7 Å². The van der Waals surface area contributed by atoms with Crippen molar-refractivity contribution in [2.75, 3.05) is 25.6 Å². The zero-order valence-corrected chi connectivity index (χ0v) is 10.1. The number of nitrogens with zero attached hydrogens (tertiary/aromatic N) is 1. The van der Waals surface area contributed by atoms with Gasteiger partial charge in [-0.3, -0.25) is 14.9 Å². The SMILES string of the molecule is CCOc1cccc(NCC(=O)OC)c1[N+](=O)[O-]. The molecule has 0 atom stereocenters. The smallest absolute Gasteiger partial charge is 0.333 e. The number of para-hydroxylation sites is 1. The van der Waals surface area contributed by atoms with E-state index in [9.17, 15) is 14.9 Å². The molecule has 0 aliphatic carbocycles. The zero-order valence-electron chi connectivity index (χ0n) is 10.1. The van der Waals surface area contributed by atoms with Crippen LogP contribution in [0.4, 0.5) is 11.4 Å². The van der Waals surface area contributed by atoms with Crippen molar-refractivity contribution < 1.29 is 19.2 Å². The van der Waals surface area contributed by atoms with Gasteiger partial charge < -0.3 is 14.8 Å². The van der Waals surface area contributed by atoms with Crippen molar-refractivity contribution in [1.82, 2.24) is 0 Å². The summed E-state index contributed by atoms with van der Waals surface area (Å²) in [6.45, 7) is 1.91. The molecular formula is C11H14N2O5. The molecule has 98 valence electrons. The van der Waals surface area contributed by atoms with E-state index in [4.69, 9.17) is 4.74 Å². The van der Waals surface area contributed by atoms with Crippen LogP contribution in [0.1, 0.15) is 6.92 Å². The molecule has 0 spiro atoms. The number of hydrogen-bond acceptors (Lipinski definition) is 6. The monoisotopic (exact) mass is 254 g/mol. The van der Waals surface area contributed by atoms with E-state index >= 15 is 0 Å². The van der Waals surface area contributed by atoms with Gasteiger partial charge in [-0.05, 0) is 19.1 Å². The average Bonchev–Trinajstić information content (AvgIpc) is 2.36. The molecule has 0 amide bonds. The summed E-state index contributed by atoms with van der Waals surface area (Å²) in [7, 11) is 1.25. The highest BCUT2D eigenvalue weighted by molar-refractivity contribution is 5.77. The third kappa shape index (κ3) is 3.34. The predicted octanol–water partition coefficient (Wildman–Crippen LogP) is 1.58. The Labute approximate surface area is 104 Å². The fourth-order valence-electron chi connectivity index (χ4n) is 1.36. The van der Waals surface area contributed by atoms with Gasteiger partial charge in [0.15, 0.2) is 5.75 Å². The van der Waals surface area contributed by atoms with Gasteiger partial charge in [-0.25, -0.2) is 0 Å². The van der Waals surface area contributed by atoms with Crippen LogP contribution in [-0.2, 0) is 9.53 Å². The first-order chi connectivity index (χ1) is 8.60. The summed E-state index contributed by atoms with van der Waals surface area (Å²) >= 11 is 0. The maximum absolute atomic E-state index is 11.0. The van der Waals surface area contributed by atoms with Crippen molar-refractivity contribution in [2.24, 2.45) is 0 Å². The second-order valence-electron chi connectivity index (χ2n) is 3.27. The molecule has 1 aromatic rings. The highest BCUT2D eigenvalue weighted by Crippen LogP contribution is 2.34. The number of nitro groups is 1. The second kappa shape index (κ2) is 6.43. The van der Waals surface area contributed by atoms with Gasteiger partial charge in [0.2, 0.25) is 0 Å². The van der Waals surface area contributed by atoms with E-state index in [0.717, 1.165) is 0 Å². The maximum Gasteiger partial charge on any atom is 0.333 e. The molecule has 0 bridgehead atoms. The lowest BCUT2D eigenvalue weighted by Crippen LogP contribution is -2.16. The molecule has 1 rings (SSSR count). The number of nitro benzene ring substituents is 1. The number of rotatable bonds is 6. The molecule has 0 unspecified atom stereocenters. The van der Waals surface area contributed by atoms with Gasteiger partial charge in [0.25, 0.3) is 0 Å². The lowest BCUT2D eigenvalue weighted by molar-refractivity contribution is -0.384. The predicted molar refractivity (Wildman–Crippen MR) is 64.8 cm³/mol. The van der Waals surface area contributed by atoms with Gasteiger partial charge >= 0.3 is 11.7 Å². The molecule has 7 nitrogen and oxygen atoms in total. The fourth-order valence-corrected chi connectivity index (χ4v) is 1.36. The molecule has 0 heterocycles. The molecule has 0 saturated heterocycles. The topological polar surface area (TPSA) is 90.7 Å². The molecule has 7 heteroatoms. The van der Waals surface area contributed by atoms with Crippen LogP contribution in [0.2, 0.25) is 0 Å². The van der Waals surface area contributed by atoms with Crippen LogP contribution in [0.25, 0.3) is 0 Å². The van der Waals surface area contributed by atoms with Crippen LogP contribution in [0.3, 0.4) is 0 Å². The maximum atomic E-state index is 11.0. The van der Waals surface area contributed by atoms with E-state index < -0.39 is 10.9 Å². The molecule has 18 heavy (non-hydrogen) atoms.